The van der Waals surface area contributed by atoms with Gasteiger partial charge < -0.3 is 16.4 Å². The Kier molecular flexibility index (Phi) is 3.74. The van der Waals surface area contributed by atoms with Gasteiger partial charge in [-0.2, -0.15) is 0 Å². The highest BCUT2D eigenvalue weighted by Gasteiger charge is 2.32. The molecule has 0 radical (unpaired) electrons. The Labute approximate surface area is 116 Å². The zero-order chi connectivity index (χ0) is 14.9. The van der Waals surface area contributed by atoms with E-state index in [2.05, 4.69) is 10.6 Å². The highest BCUT2D eigenvalue weighted by molar-refractivity contribution is 5.97. The van der Waals surface area contributed by atoms with Crippen LogP contribution in [0.1, 0.15) is 25.5 Å². The molecule has 0 bridgehead atoms. The van der Waals surface area contributed by atoms with E-state index in [1.807, 2.05) is 13.8 Å². The van der Waals surface area contributed by atoms with Crippen molar-refractivity contribution in [1.29, 1.82) is 0 Å². The fourth-order valence-electron chi connectivity index (χ4n) is 2.22. The largest absolute Gasteiger partial charge is 0.366 e. The monoisotopic (exact) mass is 277 g/mol. The van der Waals surface area contributed by atoms with Gasteiger partial charge in [-0.25, -0.2) is 9.18 Å². The van der Waals surface area contributed by atoms with E-state index in [9.17, 15) is 14.0 Å². The van der Waals surface area contributed by atoms with Crippen LogP contribution in [0.4, 0.5) is 9.18 Å². The third kappa shape index (κ3) is 2.64. The third-order valence-corrected chi connectivity index (χ3v) is 3.15. The van der Waals surface area contributed by atoms with E-state index in [-0.39, 0.29) is 11.7 Å². The summed E-state index contributed by atoms with van der Waals surface area (Å²) in [6.07, 6.45) is 0. The standard InChI is InChI=1S/C14H16FN3O2/c1-7(2)11-10(13(16)19)12(18-14(20)17-11)8-3-5-9(15)6-4-8/h3-7,12H,1-2H3,(H2,16,19)(H2,17,18,20). The maximum atomic E-state index is 13.0. The van der Waals surface area contributed by atoms with Crippen LogP contribution in [0.15, 0.2) is 35.5 Å². The summed E-state index contributed by atoms with van der Waals surface area (Å²) in [5.74, 6) is -1.07. The lowest BCUT2D eigenvalue weighted by Gasteiger charge is -2.30. The maximum Gasteiger partial charge on any atom is 0.319 e. The number of allylic oxidation sites excluding steroid dienone is 1. The number of nitrogens with one attached hydrogen (secondary N) is 2. The zero-order valence-electron chi connectivity index (χ0n) is 11.2. The first-order chi connectivity index (χ1) is 9.40. The van der Waals surface area contributed by atoms with Crippen molar-refractivity contribution in [3.63, 3.8) is 0 Å². The van der Waals surface area contributed by atoms with Crippen LogP contribution in [0, 0.1) is 11.7 Å². The molecule has 5 nitrogen and oxygen atoms in total. The van der Waals surface area contributed by atoms with Gasteiger partial charge in [0, 0.05) is 5.70 Å². The van der Waals surface area contributed by atoms with Crippen LogP contribution in [0.3, 0.4) is 0 Å². The van der Waals surface area contributed by atoms with E-state index in [4.69, 9.17) is 5.73 Å². The molecule has 20 heavy (non-hydrogen) atoms. The lowest BCUT2D eigenvalue weighted by molar-refractivity contribution is -0.115. The van der Waals surface area contributed by atoms with Gasteiger partial charge >= 0.3 is 6.03 Å². The van der Waals surface area contributed by atoms with Crippen molar-refractivity contribution in [3.05, 3.63) is 46.9 Å². The summed E-state index contributed by atoms with van der Waals surface area (Å²) < 4.78 is 13.0. The van der Waals surface area contributed by atoms with Gasteiger partial charge in [-0.05, 0) is 23.6 Å². The molecule has 1 aromatic carbocycles. The molecule has 1 atom stereocenters. The lowest BCUT2D eigenvalue weighted by atomic mass is 9.91. The van der Waals surface area contributed by atoms with Gasteiger partial charge in [0.25, 0.3) is 0 Å². The Hall–Kier alpha value is -2.37. The number of nitrogens with two attached hydrogens (primary N) is 1. The van der Waals surface area contributed by atoms with Gasteiger partial charge in [-0.3, -0.25) is 4.79 Å². The fourth-order valence-corrected chi connectivity index (χ4v) is 2.22. The molecule has 3 amide bonds. The van der Waals surface area contributed by atoms with Crippen LogP contribution in [-0.4, -0.2) is 11.9 Å². The Morgan fingerprint density at radius 1 is 1.30 bits per heavy atom. The van der Waals surface area contributed by atoms with Gasteiger partial charge in [0.05, 0.1) is 11.6 Å². The first-order valence-electron chi connectivity index (χ1n) is 6.27. The summed E-state index contributed by atoms with van der Waals surface area (Å²) in [5, 5.41) is 5.25. The van der Waals surface area contributed by atoms with Crippen molar-refractivity contribution >= 4 is 11.9 Å². The Morgan fingerprint density at radius 3 is 2.40 bits per heavy atom. The molecule has 1 unspecified atom stereocenters. The Bertz CT molecular complexity index is 579. The molecule has 0 saturated heterocycles. The number of carbonyl (C=O) groups excluding carboxylic acids is 2. The average Bonchev–Trinajstić information content (AvgIpc) is 2.38. The minimum atomic E-state index is -0.667. The summed E-state index contributed by atoms with van der Waals surface area (Å²) in [6.45, 7) is 3.71. The molecule has 1 aromatic rings. The molecule has 1 aliphatic heterocycles. The molecule has 6 heteroatoms. The normalized spacial score (nSPS) is 18.8. The number of amides is 3. The number of hydrogen-bond acceptors (Lipinski definition) is 2. The van der Waals surface area contributed by atoms with Crippen LogP contribution in [0.2, 0.25) is 0 Å². The first kappa shape index (κ1) is 14.0. The Balaban J connectivity index is 2.53. The summed E-state index contributed by atoms with van der Waals surface area (Å²) in [7, 11) is 0. The number of carbonyl (C=O) groups is 2. The van der Waals surface area contributed by atoms with Crippen molar-refractivity contribution in [2.75, 3.05) is 0 Å². The number of halogens is 1. The molecule has 0 spiro atoms. The summed E-state index contributed by atoms with van der Waals surface area (Å²) >= 11 is 0. The number of hydrogen-bond donors (Lipinski definition) is 3. The van der Waals surface area contributed by atoms with Gasteiger partial charge in [-0.15, -0.1) is 0 Å². The van der Waals surface area contributed by atoms with E-state index in [1.165, 1.54) is 24.3 Å². The topological polar surface area (TPSA) is 84.2 Å². The van der Waals surface area contributed by atoms with E-state index >= 15 is 0 Å². The second kappa shape index (κ2) is 5.32. The summed E-state index contributed by atoms with van der Waals surface area (Å²) in [6, 6.07) is 4.51. The van der Waals surface area contributed by atoms with Gasteiger partial charge in [-0.1, -0.05) is 26.0 Å². The van der Waals surface area contributed by atoms with Crippen molar-refractivity contribution < 1.29 is 14.0 Å². The third-order valence-electron chi connectivity index (χ3n) is 3.15. The number of benzene rings is 1. The van der Waals surface area contributed by atoms with Crippen molar-refractivity contribution in [2.24, 2.45) is 11.7 Å². The molecule has 0 aliphatic carbocycles. The predicted molar refractivity (Wildman–Crippen MR) is 71.9 cm³/mol. The van der Waals surface area contributed by atoms with Gasteiger partial charge in [0.2, 0.25) is 5.91 Å². The van der Waals surface area contributed by atoms with E-state index in [0.29, 0.717) is 16.8 Å². The highest BCUT2D eigenvalue weighted by atomic mass is 19.1. The summed E-state index contributed by atoms with van der Waals surface area (Å²) in [4.78, 5) is 23.4. The number of rotatable bonds is 3. The quantitative estimate of drug-likeness (QED) is 0.783. The fraction of sp³-hybridized carbons (Fsp3) is 0.286. The predicted octanol–water partition coefficient (Wildman–Crippen LogP) is 1.57. The Morgan fingerprint density at radius 2 is 1.90 bits per heavy atom. The molecular formula is C14H16FN3O2. The first-order valence-corrected chi connectivity index (χ1v) is 6.27. The molecule has 0 aromatic heterocycles. The zero-order valence-corrected chi connectivity index (χ0v) is 11.2. The molecule has 4 N–H and O–H groups in total. The summed E-state index contributed by atoms with van der Waals surface area (Å²) in [5.41, 5.74) is 6.83. The molecule has 106 valence electrons. The average molecular weight is 277 g/mol. The highest BCUT2D eigenvalue weighted by Crippen LogP contribution is 2.29. The van der Waals surface area contributed by atoms with Gasteiger partial charge in [0.1, 0.15) is 5.82 Å². The van der Waals surface area contributed by atoms with E-state index in [0.717, 1.165) is 0 Å². The van der Waals surface area contributed by atoms with E-state index < -0.39 is 18.0 Å². The molecule has 1 heterocycles. The maximum absolute atomic E-state index is 13.0. The van der Waals surface area contributed by atoms with Crippen LogP contribution < -0.4 is 16.4 Å². The minimum Gasteiger partial charge on any atom is -0.366 e. The number of urea groups is 1. The molecule has 1 aliphatic rings. The van der Waals surface area contributed by atoms with Crippen LogP contribution in [-0.2, 0) is 4.79 Å². The second-order valence-electron chi connectivity index (χ2n) is 4.93. The van der Waals surface area contributed by atoms with Crippen LogP contribution >= 0.6 is 0 Å². The molecule has 2 rings (SSSR count). The van der Waals surface area contributed by atoms with Gasteiger partial charge in [0.15, 0.2) is 0 Å². The lowest BCUT2D eigenvalue weighted by Crippen LogP contribution is -2.47. The van der Waals surface area contributed by atoms with Crippen molar-refractivity contribution in [1.82, 2.24) is 10.6 Å². The van der Waals surface area contributed by atoms with Crippen molar-refractivity contribution in [2.45, 2.75) is 19.9 Å². The van der Waals surface area contributed by atoms with Crippen molar-refractivity contribution in [3.8, 4) is 0 Å². The van der Waals surface area contributed by atoms with Crippen LogP contribution in [0.25, 0.3) is 0 Å². The number of primary amides is 1. The van der Waals surface area contributed by atoms with E-state index in [1.54, 1.807) is 0 Å². The van der Waals surface area contributed by atoms with Crippen LogP contribution in [0.5, 0.6) is 0 Å². The minimum absolute atomic E-state index is 0.0634. The SMILES string of the molecule is CC(C)C1=C(C(N)=O)C(c2ccc(F)cc2)NC(=O)N1. The molecular weight excluding hydrogens is 261 g/mol. The molecule has 0 fully saturated rings. The second-order valence-corrected chi connectivity index (χ2v) is 4.93. The molecule has 0 saturated carbocycles. The smallest absolute Gasteiger partial charge is 0.319 e.